The molecule has 2 aromatic rings. The molecular formula is C17H13BrCl2N2O2. The highest BCUT2D eigenvalue weighted by atomic mass is 79.9. The van der Waals surface area contributed by atoms with Gasteiger partial charge in [0.25, 0.3) is 0 Å². The third kappa shape index (κ3) is 3.16. The van der Waals surface area contributed by atoms with Crippen LogP contribution in [0.15, 0.2) is 52.0 Å². The molecule has 0 bridgehead atoms. The standard InChI is InChI=1S/C17H13BrCl2N2O2/c1-9-15(17(23)24)21-22(14-7-6-12(19)8-13(14)20)16(9)10-2-4-11(18)5-3-10/h2-9,16H,1H3,(H,23,24). The summed E-state index contributed by atoms with van der Waals surface area (Å²) in [7, 11) is 0. The maximum atomic E-state index is 11.5. The number of benzene rings is 2. The van der Waals surface area contributed by atoms with E-state index in [9.17, 15) is 9.90 Å². The van der Waals surface area contributed by atoms with Crippen molar-refractivity contribution in [3.63, 3.8) is 0 Å². The van der Waals surface area contributed by atoms with E-state index >= 15 is 0 Å². The molecule has 7 heteroatoms. The SMILES string of the molecule is CC1C(C(=O)O)=NN(c2ccc(Cl)cc2Cl)C1c1ccc(Br)cc1. The Labute approximate surface area is 157 Å². The number of rotatable bonds is 3. The van der Waals surface area contributed by atoms with Crippen LogP contribution in [-0.2, 0) is 4.79 Å². The maximum Gasteiger partial charge on any atom is 0.352 e. The normalized spacial score (nSPS) is 20.2. The van der Waals surface area contributed by atoms with Crippen LogP contribution in [0, 0.1) is 5.92 Å². The molecule has 1 aliphatic rings. The maximum absolute atomic E-state index is 11.5. The van der Waals surface area contributed by atoms with Crippen molar-refractivity contribution >= 4 is 56.5 Å². The molecule has 4 nitrogen and oxygen atoms in total. The molecule has 0 saturated heterocycles. The van der Waals surface area contributed by atoms with Crippen LogP contribution in [0.1, 0.15) is 18.5 Å². The molecule has 0 amide bonds. The summed E-state index contributed by atoms with van der Waals surface area (Å²) >= 11 is 15.7. The monoisotopic (exact) mass is 426 g/mol. The third-order valence-corrected chi connectivity index (χ3v) is 5.04. The van der Waals surface area contributed by atoms with E-state index in [4.69, 9.17) is 23.2 Å². The van der Waals surface area contributed by atoms with Crippen LogP contribution >= 0.6 is 39.1 Å². The summed E-state index contributed by atoms with van der Waals surface area (Å²) in [6.07, 6.45) is 0. The van der Waals surface area contributed by atoms with Gasteiger partial charge in [0, 0.05) is 15.4 Å². The van der Waals surface area contributed by atoms with Gasteiger partial charge in [-0.1, -0.05) is 58.2 Å². The lowest BCUT2D eigenvalue weighted by atomic mass is 9.91. The number of carboxylic acid groups (broad SMARTS) is 1. The number of hydrazone groups is 1. The van der Waals surface area contributed by atoms with Gasteiger partial charge in [-0.05, 0) is 35.9 Å². The second-order valence-electron chi connectivity index (χ2n) is 5.52. The summed E-state index contributed by atoms with van der Waals surface area (Å²) in [5, 5.41) is 16.4. The van der Waals surface area contributed by atoms with E-state index in [0.717, 1.165) is 10.0 Å². The molecule has 0 fully saturated rings. The Morgan fingerprint density at radius 1 is 1.21 bits per heavy atom. The molecule has 2 atom stereocenters. The van der Waals surface area contributed by atoms with Gasteiger partial charge in [0.05, 0.1) is 16.8 Å². The van der Waals surface area contributed by atoms with Gasteiger partial charge in [-0.2, -0.15) is 5.10 Å². The number of carboxylic acids is 1. The molecule has 0 radical (unpaired) electrons. The second-order valence-corrected chi connectivity index (χ2v) is 7.28. The summed E-state index contributed by atoms with van der Waals surface area (Å²) in [5.41, 5.74) is 1.68. The fourth-order valence-corrected chi connectivity index (χ4v) is 3.59. The molecule has 3 rings (SSSR count). The van der Waals surface area contributed by atoms with Gasteiger partial charge in [-0.25, -0.2) is 4.79 Å². The smallest absolute Gasteiger partial charge is 0.352 e. The zero-order chi connectivity index (χ0) is 17.4. The van der Waals surface area contributed by atoms with Crippen molar-refractivity contribution < 1.29 is 9.90 Å². The minimum absolute atomic E-state index is 0.105. The van der Waals surface area contributed by atoms with Crippen LogP contribution in [0.3, 0.4) is 0 Å². The Morgan fingerprint density at radius 2 is 1.88 bits per heavy atom. The Kier molecular flexibility index (Phi) is 4.85. The third-order valence-electron chi connectivity index (χ3n) is 3.97. The molecule has 0 spiro atoms. The molecule has 0 aromatic heterocycles. The van der Waals surface area contributed by atoms with Gasteiger partial charge in [0.2, 0.25) is 0 Å². The lowest BCUT2D eigenvalue weighted by Gasteiger charge is -2.27. The lowest BCUT2D eigenvalue weighted by molar-refractivity contribution is -0.129. The van der Waals surface area contributed by atoms with Crippen LogP contribution in [-0.4, -0.2) is 16.8 Å². The highest BCUT2D eigenvalue weighted by molar-refractivity contribution is 9.10. The minimum atomic E-state index is -1.03. The van der Waals surface area contributed by atoms with Crippen molar-refractivity contribution in [3.05, 3.63) is 62.5 Å². The van der Waals surface area contributed by atoms with Crippen LogP contribution in [0.4, 0.5) is 5.69 Å². The number of aliphatic carboxylic acids is 1. The number of anilines is 1. The highest BCUT2D eigenvalue weighted by Crippen LogP contribution is 2.42. The molecule has 1 heterocycles. The van der Waals surface area contributed by atoms with E-state index in [-0.39, 0.29) is 17.7 Å². The van der Waals surface area contributed by atoms with Gasteiger partial charge in [-0.3, -0.25) is 5.01 Å². The molecule has 24 heavy (non-hydrogen) atoms. The highest BCUT2D eigenvalue weighted by Gasteiger charge is 2.39. The van der Waals surface area contributed by atoms with Crippen LogP contribution in [0.5, 0.6) is 0 Å². The lowest BCUT2D eigenvalue weighted by Crippen LogP contribution is -2.26. The minimum Gasteiger partial charge on any atom is -0.477 e. The van der Waals surface area contributed by atoms with Crippen molar-refractivity contribution in [2.75, 3.05) is 5.01 Å². The number of hydrogen-bond acceptors (Lipinski definition) is 3. The largest absolute Gasteiger partial charge is 0.477 e. The Bertz CT molecular complexity index is 824. The first-order valence-electron chi connectivity index (χ1n) is 7.20. The predicted octanol–water partition coefficient (Wildman–Crippen LogP) is 5.39. The first-order valence-corrected chi connectivity index (χ1v) is 8.75. The summed E-state index contributed by atoms with van der Waals surface area (Å²) < 4.78 is 0.951. The molecule has 124 valence electrons. The van der Waals surface area contributed by atoms with Crippen LogP contribution in [0.25, 0.3) is 0 Å². The van der Waals surface area contributed by atoms with E-state index in [0.29, 0.717) is 15.7 Å². The van der Waals surface area contributed by atoms with Crippen molar-refractivity contribution in [1.82, 2.24) is 0 Å². The van der Waals surface area contributed by atoms with Gasteiger partial charge in [0.1, 0.15) is 0 Å². The number of halogens is 3. The summed E-state index contributed by atoms with van der Waals surface area (Å²) in [6.45, 7) is 1.85. The topological polar surface area (TPSA) is 52.9 Å². The molecule has 2 aromatic carbocycles. The Balaban J connectivity index is 2.11. The van der Waals surface area contributed by atoms with E-state index in [2.05, 4.69) is 21.0 Å². The number of hydrogen-bond donors (Lipinski definition) is 1. The van der Waals surface area contributed by atoms with Crippen LogP contribution in [0.2, 0.25) is 10.0 Å². The molecule has 1 aliphatic heterocycles. The van der Waals surface area contributed by atoms with Gasteiger partial charge in [0.15, 0.2) is 5.71 Å². The second kappa shape index (κ2) is 6.75. The van der Waals surface area contributed by atoms with Crippen molar-refractivity contribution in [2.24, 2.45) is 11.0 Å². The van der Waals surface area contributed by atoms with Crippen molar-refractivity contribution in [3.8, 4) is 0 Å². The number of carbonyl (C=O) groups is 1. The molecule has 0 aliphatic carbocycles. The van der Waals surface area contributed by atoms with Gasteiger partial charge >= 0.3 is 5.97 Å². The first-order chi connectivity index (χ1) is 11.4. The van der Waals surface area contributed by atoms with E-state index in [1.54, 1.807) is 23.2 Å². The summed E-state index contributed by atoms with van der Waals surface area (Å²) in [4.78, 5) is 11.5. The average Bonchev–Trinajstić information content (AvgIpc) is 2.86. The van der Waals surface area contributed by atoms with E-state index in [1.807, 2.05) is 31.2 Å². The quantitative estimate of drug-likeness (QED) is 0.713. The van der Waals surface area contributed by atoms with Crippen molar-refractivity contribution in [1.29, 1.82) is 0 Å². The zero-order valence-electron chi connectivity index (χ0n) is 12.6. The fourth-order valence-electron chi connectivity index (χ4n) is 2.83. The zero-order valence-corrected chi connectivity index (χ0v) is 15.7. The Morgan fingerprint density at radius 3 is 2.46 bits per heavy atom. The van der Waals surface area contributed by atoms with Gasteiger partial charge < -0.3 is 5.11 Å². The van der Waals surface area contributed by atoms with Gasteiger partial charge in [-0.15, -0.1) is 0 Å². The molecule has 2 unspecified atom stereocenters. The van der Waals surface area contributed by atoms with E-state index in [1.165, 1.54) is 0 Å². The summed E-state index contributed by atoms with van der Waals surface area (Å²) in [6, 6.07) is 12.5. The first kappa shape index (κ1) is 17.3. The van der Waals surface area contributed by atoms with Crippen LogP contribution < -0.4 is 5.01 Å². The Hall–Kier alpha value is -1.56. The molecule has 0 saturated carbocycles. The average molecular weight is 428 g/mol. The van der Waals surface area contributed by atoms with E-state index < -0.39 is 5.97 Å². The fraction of sp³-hybridized carbons (Fsp3) is 0.176. The summed E-state index contributed by atoms with van der Waals surface area (Å²) in [5.74, 6) is -1.33. The molecular weight excluding hydrogens is 415 g/mol. The molecule has 1 N–H and O–H groups in total. The number of nitrogens with zero attached hydrogens (tertiary/aromatic N) is 2. The van der Waals surface area contributed by atoms with Crippen molar-refractivity contribution in [2.45, 2.75) is 13.0 Å². The predicted molar refractivity (Wildman–Crippen MR) is 100 cm³/mol.